The molecule has 0 aliphatic heterocycles. The van der Waals surface area contributed by atoms with Gasteiger partial charge in [0.15, 0.2) is 0 Å². The summed E-state index contributed by atoms with van der Waals surface area (Å²) in [6, 6.07) is 73.0. The van der Waals surface area contributed by atoms with Gasteiger partial charge in [-0.05, 0) is 135 Å². The molecule has 0 atom stereocenters. The van der Waals surface area contributed by atoms with Gasteiger partial charge in [0.05, 0.1) is 22.1 Å². The van der Waals surface area contributed by atoms with Crippen molar-refractivity contribution in [1.29, 1.82) is 0 Å². The molecule has 0 saturated heterocycles. The lowest BCUT2D eigenvalue weighted by Gasteiger charge is -2.13. The summed E-state index contributed by atoms with van der Waals surface area (Å²) in [5, 5.41) is 7.47. The molecule has 3 heteroatoms. The molecule has 0 N–H and O–H groups in total. The van der Waals surface area contributed by atoms with Crippen LogP contribution in [-0.2, 0) is 0 Å². The van der Waals surface area contributed by atoms with Crippen LogP contribution >= 0.6 is 15.9 Å². The van der Waals surface area contributed by atoms with Crippen LogP contribution in [0, 0.1) is 0 Å². The molecule has 55 heavy (non-hydrogen) atoms. The molecule has 0 radical (unpaired) electrons. The van der Waals surface area contributed by atoms with Crippen molar-refractivity contribution in [2.45, 2.75) is 0 Å². The van der Waals surface area contributed by atoms with Gasteiger partial charge in [-0.25, -0.2) is 0 Å². The molecule has 0 aliphatic carbocycles. The number of nitrogens with zero attached hydrogens (tertiary/aromatic N) is 2. The quantitative estimate of drug-likeness (QED) is 0.165. The minimum Gasteiger partial charge on any atom is -0.309 e. The van der Waals surface area contributed by atoms with Crippen molar-refractivity contribution < 1.29 is 0 Å². The predicted molar refractivity (Wildman–Crippen MR) is 237 cm³/mol. The minimum absolute atomic E-state index is 1.08. The van der Waals surface area contributed by atoms with Crippen molar-refractivity contribution in [1.82, 2.24) is 9.13 Å². The molecule has 2 aromatic heterocycles. The molecule has 11 aromatic rings. The highest BCUT2D eigenvalue weighted by Gasteiger charge is 2.17. The Morgan fingerprint density at radius 2 is 0.764 bits per heavy atom. The first-order valence-corrected chi connectivity index (χ1v) is 19.5. The lowest BCUT2D eigenvalue weighted by molar-refractivity contribution is 1.18. The Bertz CT molecular complexity index is 3260. The van der Waals surface area contributed by atoms with E-state index >= 15 is 0 Å². The Labute approximate surface area is 327 Å². The van der Waals surface area contributed by atoms with Gasteiger partial charge >= 0.3 is 0 Å². The highest BCUT2D eigenvalue weighted by atomic mass is 79.9. The van der Waals surface area contributed by atoms with E-state index in [0.29, 0.717) is 0 Å². The van der Waals surface area contributed by atoms with Crippen LogP contribution < -0.4 is 0 Å². The predicted octanol–water partition coefficient (Wildman–Crippen LogP) is 14.8. The summed E-state index contributed by atoms with van der Waals surface area (Å²) in [4.78, 5) is 0. The van der Waals surface area contributed by atoms with Gasteiger partial charge in [0.1, 0.15) is 0 Å². The van der Waals surface area contributed by atoms with E-state index in [2.05, 4.69) is 225 Å². The average molecular weight is 766 g/mol. The zero-order valence-electron chi connectivity index (χ0n) is 29.8. The largest absolute Gasteiger partial charge is 0.309 e. The standard InChI is InChI=1S/C52H33BrN2/c53-48-21-11-9-19-43(48)40-28-38(36-23-25-50-45(31-36)44-20-10-12-22-49(44)54(50)41-15-3-1-4-16-41)27-39(29-40)37-24-26-51-46(32-37)47-30-34-13-7-8-14-35(34)33-52(47)55(51)42-17-5-2-6-18-42/h1-33H. The maximum Gasteiger partial charge on any atom is 0.0547 e. The fourth-order valence-electron chi connectivity index (χ4n) is 8.56. The van der Waals surface area contributed by atoms with Crippen LogP contribution in [0.15, 0.2) is 205 Å². The summed E-state index contributed by atoms with van der Waals surface area (Å²) in [5.74, 6) is 0. The Morgan fingerprint density at radius 1 is 0.291 bits per heavy atom. The first-order chi connectivity index (χ1) is 27.2. The first-order valence-electron chi connectivity index (χ1n) is 18.7. The van der Waals surface area contributed by atoms with Gasteiger partial charge in [-0.2, -0.15) is 0 Å². The summed E-state index contributed by atoms with van der Waals surface area (Å²) in [7, 11) is 0. The molecule has 0 spiro atoms. The smallest absolute Gasteiger partial charge is 0.0547 e. The summed E-state index contributed by atoms with van der Waals surface area (Å²) in [6.07, 6.45) is 0. The third kappa shape index (κ3) is 5.23. The summed E-state index contributed by atoms with van der Waals surface area (Å²) >= 11 is 3.88. The lowest BCUT2D eigenvalue weighted by Crippen LogP contribution is -1.93. The summed E-state index contributed by atoms with van der Waals surface area (Å²) in [5.41, 5.74) is 14.2. The van der Waals surface area contributed by atoms with E-state index in [-0.39, 0.29) is 0 Å². The fraction of sp³-hybridized carbons (Fsp3) is 0. The highest BCUT2D eigenvalue weighted by molar-refractivity contribution is 9.10. The molecule has 11 rings (SSSR count). The third-order valence-electron chi connectivity index (χ3n) is 11.1. The number of fused-ring (bicyclic) bond motifs is 7. The van der Waals surface area contributed by atoms with Crippen LogP contribution in [0.4, 0.5) is 0 Å². The first kappa shape index (κ1) is 31.8. The van der Waals surface area contributed by atoms with Gasteiger partial charge in [0.25, 0.3) is 0 Å². The van der Waals surface area contributed by atoms with Crippen molar-refractivity contribution in [2.75, 3.05) is 0 Å². The van der Waals surface area contributed by atoms with Crippen molar-refractivity contribution in [3.63, 3.8) is 0 Å². The zero-order chi connectivity index (χ0) is 36.5. The summed E-state index contributed by atoms with van der Waals surface area (Å²) in [6.45, 7) is 0. The van der Waals surface area contributed by atoms with Crippen LogP contribution in [0.5, 0.6) is 0 Å². The number of rotatable bonds is 5. The van der Waals surface area contributed by atoms with Gasteiger partial charge in [0, 0.05) is 37.4 Å². The maximum absolute atomic E-state index is 3.88. The van der Waals surface area contributed by atoms with Crippen LogP contribution in [-0.4, -0.2) is 9.13 Å². The van der Waals surface area contributed by atoms with E-state index in [1.165, 1.54) is 87.8 Å². The van der Waals surface area contributed by atoms with Crippen molar-refractivity contribution in [2.24, 2.45) is 0 Å². The molecule has 0 amide bonds. The zero-order valence-corrected chi connectivity index (χ0v) is 31.4. The third-order valence-corrected chi connectivity index (χ3v) is 11.8. The molecule has 0 saturated carbocycles. The Kier molecular flexibility index (Phi) is 7.36. The van der Waals surface area contributed by atoms with Gasteiger partial charge in [-0.3, -0.25) is 0 Å². The molecular weight excluding hydrogens is 732 g/mol. The normalized spacial score (nSPS) is 11.7. The van der Waals surface area contributed by atoms with E-state index in [9.17, 15) is 0 Å². The second-order valence-electron chi connectivity index (χ2n) is 14.3. The minimum atomic E-state index is 1.08. The van der Waals surface area contributed by atoms with E-state index in [1.54, 1.807) is 0 Å². The number of hydrogen-bond acceptors (Lipinski definition) is 0. The number of hydrogen-bond donors (Lipinski definition) is 0. The maximum atomic E-state index is 3.88. The van der Waals surface area contributed by atoms with Crippen LogP contribution in [0.25, 0.3) is 99.1 Å². The fourth-order valence-corrected chi connectivity index (χ4v) is 9.07. The molecule has 0 bridgehead atoms. The van der Waals surface area contributed by atoms with Crippen LogP contribution in [0.1, 0.15) is 0 Å². The van der Waals surface area contributed by atoms with Crippen LogP contribution in [0.3, 0.4) is 0 Å². The molecule has 0 aliphatic rings. The Hall–Kier alpha value is -6.68. The second kappa shape index (κ2) is 12.7. The summed E-state index contributed by atoms with van der Waals surface area (Å²) < 4.78 is 5.86. The van der Waals surface area contributed by atoms with Crippen molar-refractivity contribution in [3.05, 3.63) is 205 Å². The van der Waals surface area contributed by atoms with Gasteiger partial charge < -0.3 is 9.13 Å². The number of benzene rings is 9. The van der Waals surface area contributed by atoms with E-state index in [1.807, 2.05) is 0 Å². The molecule has 0 unspecified atom stereocenters. The van der Waals surface area contributed by atoms with Gasteiger partial charge in [-0.15, -0.1) is 0 Å². The number of para-hydroxylation sites is 3. The Balaban J connectivity index is 1.14. The topological polar surface area (TPSA) is 9.86 Å². The molecule has 0 fully saturated rings. The van der Waals surface area contributed by atoms with Crippen LogP contribution in [0.2, 0.25) is 0 Å². The lowest BCUT2D eigenvalue weighted by atomic mass is 9.92. The average Bonchev–Trinajstić information content (AvgIpc) is 3.75. The van der Waals surface area contributed by atoms with E-state index < -0.39 is 0 Å². The molecule has 258 valence electrons. The molecule has 2 heterocycles. The second-order valence-corrected chi connectivity index (χ2v) is 15.2. The van der Waals surface area contributed by atoms with E-state index in [0.717, 1.165) is 15.8 Å². The van der Waals surface area contributed by atoms with Gasteiger partial charge in [0.2, 0.25) is 0 Å². The molecule has 2 nitrogen and oxygen atoms in total. The van der Waals surface area contributed by atoms with Gasteiger partial charge in [-0.1, -0.05) is 125 Å². The molecule has 9 aromatic carbocycles. The highest BCUT2D eigenvalue weighted by Crippen LogP contribution is 2.41. The monoisotopic (exact) mass is 764 g/mol. The van der Waals surface area contributed by atoms with Crippen molar-refractivity contribution in [3.8, 4) is 44.8 Å². The molecular formula is C52H33BrN2. The number of aromatic nitrogens is 2. The number of halogens is 1. The van der Waals surface area contributed by atoms with Crippen molar-refractivity contribution >= 4 is 70.3 Å². The van der Waals surface area contributed by atoms with E-state index in [4.69, 9.17) is 0 Å². The SMILES string of the molecule is Brc1ccccc1-c1cc(-c2ccc3c(c2)c2ccccc2n3-c2ccccc2)cc(-c2ccc3c(c2)c2cc4ccccc4cc2n3-c2ccccc2)c1. The Morgan fingerprint density at radius 3 is 1.42 bits per heavy atom.